The van der Waals surface area contributed by atoms with Crippen LogP contribution in [0, 0.1) is 5.92 Å². The molecule has 0 unspecified atom stereocenters. The molecule has 1 aliphatic rings. The summed E-state index contributed by atoms with van der Waals surface area (Å²) in [6.45, 7) is 3.67. The minimum atomic E-state index is -3.26. The van der Waals surface area contributed by atoms with Crippen LogP contribution in [0.3, 0.4) is 0 Å². The van der Waals surface area contributed by atoms with E-state index in [9.17, 15) is 8.42 Å². The van der Waals surface area contributed by atoms with E-state index in [0.29, 0.717) is 18.3 Å². The lowest BCUT2D eigenvalue weighted by Gasteiger charge is -2.32. The Morgan fingerprint density at radius 2 is 1.64 bits per heavy atom. The van der Waals surface area contributed by atoms with Gasteiger partial charge in [-0.15, -0.1) is 0 Å². The third kappa shape index (κ3) is 5.06. The van der Waals surface area contributed by atoms with Gasteiger partial charge in [-0.25, -0.2) is 8.42 Å². The Kier molecular flexibility index (Phi) is 5.76. The zero-order chi connectivity index (χ0) is 17.7. The molecule has 0 N–H and O–H groups in total. The molecule has 0 aromatic heterocycles. The van der Waals surface area contributed by atoms with Crippen molar-refractivity contribution in [1.29, 1.82) is 0 Å². The highest BCUT2D eigenvalue weighted by Crippen LogP contribution is 2.25. The highest BCUT2D eigenvalue weighted by atomic mass is 32.2. The molecule has 5 heteroatoms. The van der Waals surface area contributed by atoms with Gasteiger partial charge in [-0.1, -0.05) is 42.5 Å². The van der Waals surface area contributed by atoms with E-state index < -0.39 is 9.84 Å². The Morgan fingerprint density at radius 1 is 1.00 bits per heavy atom. The number of benzene rings is 2. The second-order valence-corrected chi connectivity index (χ2v) is 8.72. The van der Waals surface area contributed by atoms with Gasteiger partial charge in [0.25, 0.3) is 0 Å². The lowest BCUT2D eigenvalue weighted by atomic mass is 9.97. The fourth-order valence-corrected chi connectivity index (χ4v) is 4.05. The predicted molar refractivity (Wildman–Crippen MR) is 99.5 cm³/mol. The molecular weight excluding hydrogens is 334 g/mol. The van der Waals surface area contributed by atoms with Crippen molar-refractivity contribution in [2.24, 2.45) is 5.92 Å². The quantitative estimate of drug-likeness (QED) is 0.793. The number of nitrogens with zero attached hydrogens (tertiary/aromatic N) is 1. The van der Waals surface area contributed by atoms with E-state index in [1.165, 1.54) is 11.8 Å². The maximum Gasteiger partial charge on any atom is 0.179 e. The summed E-state index contributed by atoms with van der Waals surface area (Å²) in [5, 5.41) is 0. The molecule has 2 aromatic rings. The number of likely N-dealkylation sites (tertiary alicyclic amines) is 1. The molecule has 0 atom stereocenters. The highest BCUT2D eigenvalue weighted by Gasteiger charge is 2.21. The first kappa shape index (κ1) is 18.0. The van der Waals surface area contributed by atoms with Crippen molar-refractivity contribution in [1.82, 2.24) is 4.90 Å². The Bertz CT molecular complexity index is 782. The Labute approximate surface area is 150 Å². The van der Waals surface area contributed by atoms with Crippen LogP contribution in [0.15, 0.2) is 59.5 Å². The van der Waals surface area contributed by atoms with Crippen molar-refractivity contribution in [3.63, 3.8) is 0 Å². The Hall–Kier alpha value is -1.85. The number of rotatable bonds is 6. The van der Waals surface area contributed by atoms with Crippen LogP contribution in [-0.2, 0) is 16.4 Å². The lowest BCUT2D eigenvalue weighted by molar-refractivity contribution is 0.135. The summed E-state index contributed by atoms with van der Waals surface area (Å²) in [7, 11) is -3.26. The van der Waals surface area contributed by atoms with E-state index >= 15 is 0 Å². The van der Waals surface area contributed by atoms with Crippen molar-refractivity contribution in [2.75, 3.05) is 26.0 Å². The maximum absolute atomic E-state index is 11.8. The second kappa shape index (κ2) is 8.02. The van der Waals surface area contributed by atoms with Gasteiger partial charge >= 0.3 is 0 Å². The topological polar surface area (TPSA) is 46.6 Å². The zero-order valence-corrected chi connectivity index (χ0v) is 15.4. The largest absolute Gasteiger partial charge is 0.492 e. The molecule has 0 aliphatic carbocycles. The van der Waals surface area contributed by atoms with Gasteiger partial charge in [0, 0.05) is 12.8 Å². The first-order valence-electron chi connectivity index (χ1n) is 8.70. The number of ether oxygens (including phenoxy) is 1. The van der Waals surface area contributed by atoms with Crippen LogP contribution in [0.4, 0.5) is 0 Å². The van der Waals surface area contributed by atoms with Crippen molar-refractivity contribution in [3.8, 4) is 5.75 Å². The van der Waals surface area contributed by atoms with Crippen LogP contribution in [0.5, 0.6) is 5.75 Å². The molecular formula is C20H25NO3S. The summed E-state index contributed by atoms with van der Waals surface area (Å²) in [5.41, 5.74) is 1.35. The minimum Gasteiger partial charge on any atom is -0.492 e. The lowest BCUT2D eigenvalue weighted by Crippen LogP contribution is -2.35. The van der Waals surface area contributed by atoms with Gasteiger partial charge in [0.1, 0.15) is 10.6 Å². The number of piperidine rings is 1. The fourth-order valence-electron chi connectivity index (χ4n) is 3.24. The third-order valence-corrected chi connectivity index (χ3v) is 5.82. The Balaban J connectivity index is 1.50. The van der Waals surface area contributed by atoms with Gasteiger partial charge in [0.05, 0.1) is 6.61 Å². The van der Waals surface area contributed by atoms with Gasteiger partial charge in [-0.2, -0.15) is 0 Å². The van der Waals surface area contributed by atoms with Gasteiger partial charge < -0.3 is 4.74 Å². The first-order valence-corrected chi connectivity index (χ1v) is 10.6. The molecule has 4 nitrogen and oxygen atoms in total. The molecule has 0 spiro atoms. The van der Waals surface area contributed by atoms with Gasteiger partial charge in [-0.05, 0) is 49.5 Å². The zero-order valence-electron chi connectivity index (χ0n) is 14.6. The molecule has 3 rings (SSSR count). The van der Waals surface area contributed by atoms with Crippen molar-refractivity contribution < 1.29 is 13.2 Å². The summed E-state index contributed by atoms with van der Waals surface area (Å²) >= 11 is 0. The smallest absolute Gasteiger partial charge is 0.179 e. The Morgan fingerprint density at radius 3 is 2.32 bits per heavy atom. The van der Waals surface area contributed by atoms with Crippen LogP contribution >= 0.6 is 0 Å². The summed E-state index contributed by atoms with van der Waals surface area (Å²) in [4.78, 5) is 2.74. The maximum atomic E-state index is 11.8. The summed E-state index contributed by atoms with van der Waals surface area (Å²) < 4.78 is 29.5. The summed E-state index contributed by atoms with van der Waals surface area (Å²) in [6, 6.07) is 17.4. The molecule has 1 fully saturated rings. The molecule has 1 heterocycles. The van der Waals surface area contributed by atoms with E-state index in [1.807, 2.05) is 12.1 Å². The molecule has 25 heavy (non-hydrogen) atoms. The van der Waals surface area contributed by atoms with E-state index in [4.69, 9.17) is 4.74 Å². The average molecular weight is 359 g/mol. The molecule has 1 aliphatic heterocycles. The van der Waals surface area contributed by atoms with E-state index in [-0.39, 0.29) is 4.90 Å². The van der Waals surface area contributed by atoms with Crippen LogP contribution < -0.4 is 4.74 Å². The van der Waals surface area contributed by atoms with Gasteiger partial charge in [-0.3, -0.25) is 4.90 Å². The second-order valence-electron chi connectivity index (χ2n) is 6.74. The van der Waals surface area contributed by atoms with Crippen molar-refractivity contribution in [3.05, 3.63) is 60.2 Å². The molecule has 2 aromatic carbocycles. The normalized spacial score (nSPS) is 16.7. The molecule has 0 amide bonds. The SMILES string of the molecule is CS(=O)(=O)c1ccccc1OCC1CCN(Cc2ccccc2)CC1. The first-order chi connectivity index (χ1) is 12.0. The van der Waals surface area contributed by atoms with Crippen molar-refractivity contribution >= 4 is 9.84 Å². The standard InChI is InChI=1S/C20H25NO3S/c1-25(22,23)20-10-6-5-9-19(20)24-16-18-11-13-21(14-12-18)15-17-7-3-2-4-8-17/h2-10,18H,11-16H2,1H3. The van der Waals surface area contributed by atoms with Crippen molar-refractivity contribution in [2.45, 2.75) is 24.3 Å². The highest BCUT2D eigenvalue weighted by molar-refractivity contribution is 7.90. The van der Waals surface area contributed by atoms with Crippen LogP contribution in [0.2, 0.25) is 0 Å². The summed E-state index contributed by atoms with van der Waals surface area (Å²) in [6.07, 6.45) is 3.37. The molecule has 1 saturated heterocycles. The van der Waals surface area contributed by atoms with Gasteiger partial charge in [0.2, 0.25) is 0 Å². The third-order valence-electron chi connectivity index (χ3n) is 4.68. The average Bonchev–Trinajstić information content (AvgIpc) is 2.61. The molecule has 0 radical (unpaired) electrons. The molecule has 0 bridgehead atoms. The van der Waals surface area contributed by atoms with E-state index in [2.05, 4.69) is 29.2 Å². The fraction of sp³-hybridized carbons (Fsp3) is 0.400. The van der Waals surface area contributed by atoms with Crippen LogP contribution in [0.1, 0.15) is 18.4 Å². The predicted octanol–water partition coefficient (Wildman–Crippen LogP) is 3.38. The van der Waals surface area contributed by atoms with E-state index in [1.54, 1.807) is 18.2 Å². The number of hydrogen-bond acceptors (Lipinski definition) is 4. The van der Waals surface area contributed by atoms with Crippen LogP contribution in [-0.4, -0.2) is 39.3 Å². The molecule has 0 saturated carbocycles. The van der Waals surface area contributed by atoms with E-state index in [0.717, 1.165) is 32.5 Å². The monoisotopic (exact) mass is 359 g/mol. The summed E-state index contributed by atoms with van der Waals surface area (Å²) in [5.74, 6) is 0.941. The molecule has 134 valence electrons. The minimum absolute atomic E-state index is 0.275. The number of hydrogen-bond donors (Lipinski definition) is 0. The van der Waals surface area contributed by atoms with Crippen LogP contribution in [0.25, 0.3) is 0 Å². The number of para-hydroxylation sites is 1. The number of sulfone groups is 1. The van der Waals surface area contributed by atoms with Gasteiger partial charge in [0.15, 0.2) is 9.84 Å².